The van der Waals surface area contributed by atoms with Crippen molar-refractivity contribution in [1.82, 2.24) is 4.72 Å². The van der Waals surface area contributed by atoms with E-state index in [1.54, 1.807) is 0 Å². The normalized spacial score (nSPS) is 11.8. The molecule has 0 aliphatic carbocycles. The van der Waals surface area contributed by atoms with E-state index in [2.05, 4.69) is 4.72 Å². The number of hydrogen-bond donors (Lipinski definition) is 1. The molecule has 0 bridgehead atoms. The Kier molecular flexibility index (Phi) is 6.53. The summed E-state index contributed by atoms with van der Waals surface area (Å²) in [5.74, 6) is 0.362. The Balaban J connectivity index is 2.70. The summed E-state index contributed by atoms with van der Waals surface area (Å²) >= 11 is 5.64. The molecule has 7 nitrogen and oxygen atoms in total. The molecule has 1 aromatic carbocycles. The Morgan fingerprint density at radius 2 is 2.10 bits per heavy atom. The number of nitrogens with one attached hydrogen (secondary N) is 1. The average molecular weight is 337 g/mol. The number of rotatable bonds is 8. The van der Waals surface area contributed by atoms with Crippen LogP contribution in [0, 0.1) is 16.0 Å². The van der Waals surface area contributed by atoms with E-state index < -0.39 is 20.6 Å². The van der Waals surface area contributed by atoms with E-state index in [4.69, 9.17) is 16.3 Å². The SMILES string of the molecule is CC(C)COCCNS(=O)(=O)c1ccc(Cl)c([N+](=O)[O-])c1. The number of ether oxygens (including phenoxy) is 1. The first-order valence-corrected chi connectivity index (χ1v) is 8.11. The van der Waals surface area contributed by atoms with Crippen LogP contribution in [0.1, 0.15) is 13.8 Å². The third kappa shape index (κ3) is 5.58. The molecule has 0 radical (unpaired) electrons. The molecule has 118 valence electrons. The van der Waals surface area contributed by atoms with Crippen molar-refractivity contribution in [3.63, 3.8) is 0 Å². The maximum Gasteiger partial charge on any atom is 0.289 e. The van der Waals surface area contributed by atoms with Crippen molar-refractivity contribution in [2.45, 2.75) is 18.7 Å². The third-order valence-electron chi connectivity index (χ3n) is 2.41. The fourth-order valence-corrected chi connectivity index (χ4v) is 2.67. The first kappa shape index (κ1) is 17.8. The average Bonchev–Trinajstić information content (AvgIpc) is 2.37. The van der Waals surface area contributed by atoms with Crippen molar-refractivity contribution >= 4 is 27.3 Å². The molecule has 0 fully saturated rings. The van der Waals surface area contributed by atoms with Crippen LogP contribution >= 0.6 is 11.6 Å². The van der Waals surface area contributed by atoms with Gasteiger partial charge in [-0.05, 0) is 18.1 Å². The van der Waals surface area contributed by atoms with E-state index in [-0.39, 0.29) is 23.1 Å². The largest absolute Gasteiger partial charge is 0.380 e. The standard InChI is InChI=1S/C12H17ClN2O5S/c1-9(2)8-20-6-5-14-21(18,19)10-3-4-11(13)12(7-10)15(16)17/h3-4,7,9,14H,5-6,8H2,1-2H3. The quantitative estimate of drug-likeness (QED) is 0.445. The number of sulfonamides is 1. The Morgan fingerprint density at radius 3 is 2.67 bits per heavy atom. The van der Waals surface area contributed by atoms with Crippen molar-refractivity contribution in [2.24, 2.45) is 5.92 Å². The fourth-order valence-electron chi connectivity index (χ4n) is 1.45. The van der Waals surface area contributed by atoms with Gasteiger partial charge in [-0.2, -0.15) is 0 Å². The van der Waals surface area contributed by atoms with E-state index in [1.807, 2.05) is 13.8 Å². The minimum Gasteiger partial charge on any atom is -0.380 e. The second-order valence-corrected chi connectivity index (χ2v) is 6.91. The van der Waals surface area contributed by atoms with Gasteiger partial charge in [0.1, 0.15) is 5.02 Å². The lowest BCUT2D eigenvalue weighted by Gasteiger charge is -2.09. The highest BCUT2D eigenvalue weighted by Crippen LogP contribution is 2.26. The molecule has 0 aliphatic heterocycles. The number of benzene rings is 1. The first-order valence-electron chi connectivity index (χ1n) is 6.25. The predicted molar refractivity (Wildman–Crippen MR) is 79.0 cm³/mol. The summed E-state index contributed by atoms with van der Waals surface area (Å²) in [7, 11) is -3.83. The summed E-state index contributed by atoms with van der Waals surface area (Å²) in [6, 6.07) is 3.33. The maximum absolute atomic E-state index is 12.0. The second kappa shape index (κ2) is 7.69. The zero-order chi connectivity index (χ0) is 16.0. The van der Waals surface area contributed by atoms with Crippen molar-refractivity contribution in [3.8, 4) is 0 Å². The number of nitrogens with zero attached hydrogens (tertiary/aromatic N) is 1. The van der Waals surface area contributed by atoms with Crippen molar-refractivity contribution in [1.29, 1.82) is 0 Å². The summed E-state index contributed by atoms with van der Waals surface area (Å²) in [4.78, 5) is 9.81. The molecule has 0 amide bonds. The Morgan fingerprint density at radius 1 is 1.43 bits per heavy atom. The Labute approximate surface area is 128 Å². The lowest BCUT2D eigenvalue weighted by Crippen LogP contribution is -2.28. The summed E-state index contributed by atoms with van der Waals surface area (Å²) in [6.45, 7) is 4.82. The minimum absolute atomic E-state index is 0.0888. The molecule has 0 unspecified atom stereocenters. The van der Waals surface area contributed by atoms with Gasteiger partial charge in [-0.15, -0.1) is 0 Å². The van der Waals surface area contributed by atoms with Crippen molar-refractivity contribution in [2.75, 3.05) is 19.8 Å². The lowest BCUT2D eigenvalue weighted by molar-refractivity contribution is -0.384. The Hall–Kier alpha value is -1.22. The van der Waals surface area contributed by atoms with E-state index in [0.29, 0.717) is 12.5 Å². The molecule has 0 aromatic heterocycles. The molecule has 9 heteroatoms. The van der Waals surface area contributed by atoms with Gasteiger partial charge in [0.2, 0.25) is 10.0 Å². The van der Waals surface area contributed by atoms with Gasteiger partial charge in [-0.3, -0.25) is 10.1 Å². The smallest absolute Gasteiger partial charge is 0.289 e. The van der Waals surface area contributed by atoms with Crippen LogP contribution in [0.4, 0.5) is 5.69 Å². The molecule has 1 N–H and O–H groups in total. The molecule has 1 aromatic rings. The van der Waals surface area contributed by atoms with Gasteiger partial charge in [-0.1, -0.05) is 25.4 Å². The van der Waals surface area contributed by atoms with Gasteiger partial charge in [0.25, 0.3) is 5.69 Å². The monoisotopic (exact) mass is 336 g/mol. The van der Waals surface area contributed by atoms with Gasteiger partial charge < -0.3 is 4.74 Å². The van der Waals surface area contributed by atoms with E-state index >= 15 is 0 Å². The molecule has 0 aliphatic rings. The van der Waals surface area contributed by atoms with Crippen molar-refractivity contribution < 1.29 is 18.1 Å². The van der Waals surface area contributed by atoms with Crippen LogP contribution in [0.5, 0.6) is 0 Å². The van der Waals surface area contributed by atoms with Gasteiger partial charge in [0, 0.05) is 19.2 Å². The molecule has 0 atom stereocenters. The number of hydrogen-bond acceptors (Lipinski definition) is 5. The second-order valence-electron chi connectivity index (χ2n) is 4.74. The van der Waals surface area contributed by atoms with Crippen LogP contribution in [0.2, 0.25) is 5.02 Å². The molecular weight excluding hydrogens is 320 g/mol. The van der Waals surface area contributed by atoms with Gasteiger partial charge in [0.15, 0.2) is 0 Å². The van der Waals surface area contributed by atoms with Crippen LogP contribution in [-0.2, 0) is 14.8 Å². The van der Waals surface area contributed by atoms with Crippen LogP contribution in [0.15, 0.2) is 23.1 Å². The molecule has 0 saturated carbocycles. The number of halogens is 1. The topological polar surface area (TPSA) is 98.5 Å². The number of nitro groups is 1. The first-order chi connectivity index (χ1) is 9.74. The highest BCUT2D eigenvalue weighted by molar-refractivity contribution is 7.89. The maximum atomic E-state index is 12.0. The lowest BCUT2D eigenvalue weighted by atomic mass is 10.2. The van der Waals surface area contributed by atoms with Gasteiger partial charge >= 0.3 is 0 Å². The van der Waals surface area contributed by atoms with Crippen LogP contribution in [0.3, 0.4) is 0 Å². The zero-order valence-corrected chi connectivity index (χ0v) is 13.3. The molecule has 1 rings (SSSR count). The molecule has 0 saturated heterocycles. The van der Waals surface area contributed by atoms with E-state index in [9.17, 15) is 18.5 Å². The summed E-state index contributed by atoms with van der Waals surface area (Å²) < 4.78 is 31.5. The summed E-state index contributed by atoms with van der Waals surface area (Å²) in [5.41, 5.74) is -0.449. The van der Waals surface area contributed by atoms with Crippen LogP contribution in [0.25, 0.3) is 0 Å². The fraction of sp³-hybridized carbons (Fsp3) is 0.500. The summed E-state index contributed by atoms with van der Waals surface area (Å²) in [6.07, 6.45) is 0. The van der Waals surface area contributed by atoms with Crippen LogP contribution in [-0.4, -0.2) is 33.1 Å². The highest BCUT2D eigenvalue weighted by Gasteiger charge is 2.20. The summed E-state index contributed by atoms with van der Waals surface area (Å²) in [5, 5.41) is 10.6. The van der Waals surface area contributed by atoms with Gasteiger partial charge in [0.05, 0.1) is 16.4 Å². The predicted octanol–water partition coefficient (Wildman–Crippen LogP) is 2.20. The molecular formula is C12H17ClN2O5S. The highest BCUT2D eigenvalue weighted by atomic mass is 35.5. The zero-order valence-electron chi connectivity index (χ0n) is 11.7. The number of nitro benzene ring substituents is 1. The molecule has 0 heterocycles. The molecule has 21 heavy (non-hydrogen) atoms. The van der Waals surface area contributed by atoms with Gasteiger partial charge in [-0.25, -0.2) is 13.1 Å². The van der Waals surface area contributed by atoms with E-state index in [1.165, 1.54) is 12.1 Å². The van der Waals surface area contributed by atoms with E-state index in [0.717, 1.165) is 6.07 Å². The third-order valence-corrected chi connectivity index (χ3v) is 4.19. The Bertz CT molecular complexity index is 604. The minimum atomic E-state index is -3.83. The van der Waals surface area contributed by atoms with Crippen LogP contribution < -0.4 is 4.72 Å². The van der Waals surface area contributed by atoms with Crippen molar-refractivity contribution in [3.05, 3.63) is 33.3 Å². The molecule has 0 spiro atoms.